The zero-order valence-electron chi connectivity index (χ0n) is 46.0. The summed E-state index contributed by atoms with van der Waals surface area (Å²) in [6.07, 6.45) is 37.8. The molecule has 4 aromatic rings. The molecule has 0 aliphatic heterocycles. The van der Waals surface area contributed by atoms with E-state index in [4.69, 9.17) is 0 Å². The van der Waals surface area contributed by atoms with Gasteiger partial charge in [0.15, 0.2) is 0 Å². The minimum Gasteiger partial charge on any atom is -0.358 e. The van der Waals surface area contributed by atoms with E-state index in [1.807, 2.05) is 26.0 Å². The van der Waals surface area contributed by atoms with Crippen molar-refractivity contribution >= 4 is 0 Å². The van der Waals surface area contributed by atoms with Crippen molar-refractivity contribution < 1.29 is 32.7 Å². The molecule has 1 heteroatoms. The summed E-state index contributed by atoms with van der Waals surface area (Å²) in [5.41, 5.74) is 5.29. The number of unbranched alkanes of at least 4 members (excludes halogenated alkanes) is 3. The number of hydrogen-bond acceptors (Lipinski definition) is 0. The van der Waals surface area contributed by atoms with Gasteiger partial charge in [-0.1, -0.05) is 325 Å². The van der Waals surface area contributed by atoms with Gasteiger partial charge in [0.05, 0.1) is 0 Å². The first-order chi connectivity index (χ1) is 31.7. The SMILES string of the molecule is C1CCC1.C1CCCC1.CC.CC1C=CC(C)CC1.CC1CCC(C)C1.CC1CCC(C)CC1.CCCCCC.[CH3-].[Y].c1ccc(-c2ccccc2)cc1.c1ccc(Cc2ccccc2)cc1. The Bertz CT molecular complexity index is 1430. The molecule has 0 saturated heterocycles. The van der Waals surface area contributed by atoms with Crippen LogP contribution in [0, 0.1) is 42.9 Å². The summed E-state index contributed by atoms with van der Waals surface area (Å²) in [4.78, 5) is 0. The third kappa shape index (κ3) is 39.2. The first kappa shape index (κ1) is 66.8. The third-order valence-corrected chi connectivity index (χ3v) is 13.3. The fourth-order valence-corrected chi connectivity index (χ4v) is 8.34. The van der Waals surface area contributed by atoms with Crippen molar-refractivity contribution in [2.45, 2.75) is 217 Å². The summed E-state index contributed by atoms with van der Waals surface area (Å²) in [5, 5.41) is 0. The maximum absolute atomic E-state index is 2.37. The van der Waals surface area contributed by atoms with Crippen LogP contribution < -0.4 is 0 Å². The molecule has 1 radical (unpaired) electrons. The molecule has 375 valence electrons. The van der Waals surface area contributed by atoms with E-state index >= 15 is 0 Å². The van der Waals surface area contributed by atoms with E-state index in [0.717, 1.165) is 41.9 Å². The molecule has 4 unspecified atom stereocenters. The summed E-state index contributed by atoms with van der Waals surface area (Å²) in [5.74, 6) is 5.76. The zero-order valence-corrected chi connectivity index (χ0v) is 48.8. The maximum Gasteiger partial charge on any atom is 0 e. The smallest absolute Gasteiger partial charge is 0 e. The average Bonchev–Trinajstić information content (AvgIpc) is 4.05. The van der Waals surface area contributed by atoms with Gasteiger partial charge >= 0.3 is 0 Å². The van der Waals surface area contributed by atoms with Crippen molar-refractivity contribution in [3.8, 4) is 11.1 Å². The number of allylic oxidation sites excluding steroid dienone is 2. The molecule has 4 atom stereocenters. The second-order valence-electron chi connectivity index (χ2n) is 20.1. The molecular weight excluding hydrogens is 882 g/mol. The van der Waals surface area contributed by atoms with Gasteiger partial charge in [0, 0.05) is 32.7 Å². The van der Waals surface area contributed by atoms with Crippen molar-refractivity contribution in [1.29, 1.82) is 0 Å². The minimum absolute atomic E-state index is 0. The van der Waals surface area contributed by atoms with Crippen molar-refractivity contribution in [1.82, 2.24) is 0 Å². The molecule has 4 aromatic carbocycles. The van der Waals surface area contributed by atoms with Gasteiger partial charge in [-0.15, -0.1) is 0 Å². The van der Waals surface area contributed by atoms with Crippen LogP contribution in [-0.2, 0) is 39.1 Å². The normalized spacial score (nSPS) is 21.4. The van der Waals surface area contributed by atoms with Crippen LogP contribution in [0.4, 0.5) is 0 Å². The second kappa shape index (κ2) is 47.4. The Morgan fingerprint density at radius 2 is 0.612 bits per heavy atom. The van der Waals surface area contributed by atoms with E-state index in [1.54, 1.807) is 0 Å². The van der Waals surface area contributed by atoms with E-state index in [2.05, 4.69) is 177 Å². The summed E-state index contributed by atoms with van der Waals surface area (Å²) >= 11 is 0. The molecule has 4 fully saturated rings. The Morgan fingerprint density at radius 1 is 0.358 bits per heavy atom. The second-order valence-corrected chi connectivity index (χ2v) is 20.1. The van der Waals surface area contributed by atoms with Crippen LogP contribution in [0.5, 0.6) is 0 Å². The van der Waals surface area contributed by atoms with Crippen molar-refractivity contribution in [2.75, 3.05) is 0 Å². The fraction of sp³-hybridized carbons (Fsp3) is 0.591. The third-order valence-electron chi connectivity index (χ3n) is 13.3. The van der Waals surface area contributed by atoms with Crippen LogP contribution in [0.1, 0.15) is 222 Å². The summed E-state index contributed by atoms with van der Waals surface area (Å²) in [7, 11) is 0. The molecule has 0 heterocycles. The van der Waals surface area contributed by atoms with Gasteiger partial charge in [0.1, 0.15) is 0 Å². The molecule has 0 N–H and O–H groups in total. The number of benzene rings is 4. The topological polar surface area (TPSA) is 0 Å². The standard InChI is InChI=1S/C13H12.C12H10.C8H16.C8H14.C7H14.C6H14.C5H10.C4H8.C2H6.CH3.Y/c1-3-7-12(8-4-1)11-13-9-5-2-6-10-13;1-3-7-11(8-4-1)12-9-5-2-6-10-12;2*1-7-3-5-8(2)6-4-7;1-6-3-4-7(2)5-6;1-3-5-6-4-2;1-2-4-5-3-1;1-2-4-3-1;1-2;;/h1-10H,11H2;1-10H;7-8H,3-6H2,1-2H3;3,5,7-8H,4,6H2,1-2H3;6-7H,3-5H2,1-2H3;3-6H2,1-2H3;1-5H2;1-4H2;1-2H3;1H3;/q;;;;;;;;;-1;. The predicted octanol–water partition coefficient (Wildman–Crippen LogP) is 22.1. The molecule has 9 rings (SSSR count). The zero-order chi connectivity index (χ0) is 47.6. The summed E-state index contributed by atoms with van der Waals surface area (Å²) in [6, 6.07) is 41.8. The van der Waals surface area contributed by atoms with E-state index < -0.39 is 0 Å². The van der Waals surface area contributed by atoms with Gasteiger partial charge < -0.3 is 7.43 Å². The molecule has 5 aliphatic rings. The van der Waals surface area contributed by atoms with Crippen LogP contribution in [0.3, 0.4) is 0 Å². The monoisotopic (exact) mass is 989 g/mol. The van der Waals surface area contributed by atoms with Crippen LogP contribution >= 0.6 is 0 Å². The Hall–Kier alpha value is -2.28. The van der Waals surface area contributed by atoms with Crippen molar-refractivity contribution in [3.63, 3.8) is 0 Å². The molecular formula is C66H107Y-. The van der Waals surface area contributed by atoms with Crippen LogP contribution in [0.15, 0.2) is 133 Å². The molecule has 4 saturated carbocycles. The molecule has 67 heavy (non-hydrogen) atoms. The summed E-state index contributed by atoms with van der Waals surface area (Å²) < 4.78 is 0. The van der Waals surface area contributed by atoms with Crippen LogP contribution in [0.25, 0.3) is 11.1 Å². The van der Waals surface area contributed by atoms with Gasteiger partial charge in [-0.05, 0) is 83.4 Å². The van der Waals surface area contributed by atoms with E-state index in [-0.39, 0.29) is 40.1 Å². The molecule has 5 aliphatic carbocycles. The van der Waals surface area contributed by atoms with Gasteiger partial charge in [-0.25, -0.2) is 0 Å². The quantitative estimate of drug-likeness (QED) is 0.103. The van der Waals surface area contributed by atoms with E-state index in [9.17, 15) is 0 Å². The largest absolute Gasteiger partial charge is 0.358 e. The Morgan fingerprint density at radius 3 is 0.836 bits per heavy atom. The molecule has 0 spiro atoms. The van der Waals surface area contributed by atoms with E-state index in [1.165, 1.54) is 164 Å². The maximum atomic E-state index is 2.37. The van der Waals surface area contributed by atoms with Crippen LogP contribution in [-0.4, -0.2) is 0 Å². The predicted molar refractivity (Wildman–Crippen MR) is 302 cm³/mol. The van der Waals surface area contributed by atoms with Crippen LogP contribution in [0.2, 0.25) is 0 Å². The van der Waals surface area contributed by atoms with Gasteiger partial charge in [-0.2, -0.15) is 0 Å². The Balaban J connectivity index is 0. The first-order valence-corrected chi connectivity index (χ1v) is 27.6. The molecule has 0 bridgehead atoms. The Labute approximate surface area is 445 Å². The van der Waals surface area contributed by atoms with Gasteiger partial charge in [0.2, 0.25) is 0 Å². The molecule has 0 nitrogen and oxygen atoms in total. The van der Waals surface area contributed by atoms with Gasteiger partial charge in [0.25, 0.3) is 0 Å². The van der Waals surface area contributed by atoms with E-state index in [0.29, 0.717) is 0 Å². The summed E-state index contributed by atoms with van der Waals surface area (Å²) in [6.45, 7) is 22.5. The van der Waals surface area contributed by atoms with Gasteiger partial charge in [-0.3, -0.25) is 0 Å². The minimum atomic E-state index is 0. The average molecular weight is 989 g/mol. The number of rotatable bonds is 6. The molecule has 0 amide bonds. The van der Waals surface area contributed by atoms with Crippen molar-refractivity contribution in [3.05, 3.63) is 152 Å². The fourth-order valence-electron chi connectivity index (χ4n) is 8.34. The molecule has 0 aromatic heterocycles. The number of hydrogen-bond donors (Lipinski definition) is 0. The first-order valence-electron chi connectivity index (χ1n) is 27.6. The Kier molecular flexibility index (Phi) is 47.3. The van der Waals surface area contributed by atoms with Crippen molar-refractivity contribution in [2.24, 2.45) is 35.5 Å².